The number of aliphatic imine (C=N–C) groups is 1. The summed E-state index contributed by atoms with van der Waals surface area (Å²) in [7, 11) is 1.62. The maximum absolute atomic E-state index is 13.0. The van der Waals surface area contributed by atoms with E-state index in [0.717, 1.165) is 16.7 Å². The smallest absolute Gasteiger partial charge is 0.322 e. The summed E-state index contributed by atoms with van der Waals surface area (Å²) >= 11 is 0. The molecule has 3 N–H and O–H groups in total. The van der Waals surface area contributed by atoms with Crippen LogP contribution in [0.2, 0.25) is 0 Å². The quantitative estimate of drug-likeness (QED) is 0.261. The zero-order valence-corrected chi connectivity index (χ0v) is 22.8. The molecule has 0 saturated heterocycles. The van der Waals surface area contributed by atoms with E-state index >= 15 is 0 Å². The van der Waals surface area contributed by atoms with Crippen LogP contribution in [-0.4, -0.2) is 29.4 Å². The second kappa shape index (κ2) is 12.2. The molecule has 0 radical (unpaired) electrons. The number of amides is 3. The van der Waals surface area contributed by atoms with Crippen molar-refractivity contribution in [2.75, 3.05) is 17.7 Å². The first kappa shape index (κ1) is 28.1. The molecule has 1 heterocycles. The topological polar surface area (TPSA) is 105 Å². The summed E-state index contributed by atoms with van der Waals surface area (Å²) in [5.41, 5.74) is 3.55. The fourth-order valence-corrected chi connectivity index (χ4v) is 3.54. The number of hydrogen-bond acceptors (Lipinski definition) is 4. The lowest BCUT2D eigenvalue weighted by Gasteiger charge is -2.20. The molecule has 3 aromatic rings. The van der Waals surface area contributed by atoms with E-state index in [9.17, 15) is 14.4 Å². The van der Waals surface area contributed by atoms with Gasteiger partial charge in [0.15, 0.2) is 0 Å². The van der Waals surface area contributed by atoms with Crippen LogP contribution in [0.5, 0.6) is 0 Å². The minimum absolute atomic E-state index is 0. The van der Waals surface area contributed by atoms with E-state index in [2.05, 4.69) is 41.7 Å². The third kappa shape index (κ3) is 7.77. The highest BCUT2D eigenvalue weighted by Gasteiger charge is 2.16. The highest BCUT2D eigenvalue weighted by atomic mass is 16.2. The van der Waals surface area contributed by atoms with Gasteiger partial charge in [-0.25, -0.2) is 4.79 Å². The normalized spacial score (nSPS) is 12.2. The molecule has 0 aliphatic carbocycles. The van der Waals surface area contributed by atoms with E-state index in [4.69, 9.17) is 0 Å². The third-order valence-corrected chi connectivity index (χ3v) is 6.08. The largest absolute Gasteiger partial charge is 0.324 e. The average Bonchev–Trinajstić information content (AvgIpc) is 2.86. The molecular formula is C30H41N5O3. The van der Waals surface area contributed by atoms with E-state index in [1.54, 1.807) is 43.6 Å². The van der Waals surface area contributed by atoms with E-state index < -0.39 is 11.9 Å². The third-order valence-electron chi connectivity index (χ3n) is 6.08. The molecule has 0 aliphatic rings. The number of benzene rings is 2. The number of carbonyl (C=O) groups excluding carboxylic acids is 2. The van der Waals surface area contributed by atoms with Crippen molar-refractivity contribution in [1.29, 1.82) is 0 Å². The van der Waals surface area contributed by atoms with E-state index in [-0.39, 0.29) is 20.8 Å². The summed E-state index contributed by atoms with van der Waals surface area (Å²) < 4.78 is 1.54. The predicted octanol–water partition coefficient (Wildman–Crippen LogP) is 6.34. The van der Waals surface area contributed by atoms with Crippen LogP contribution in [0.1, 0.15) is 53.5 Å². The number of pyridine rings is 1. The number of carbonyl (C=O) groups is 2. The molecule has 3 amide bonds. The first-order chi connectivity index (χ1) is 18.0. The van der Waals surface area contributed by atoms with Crippen molar-refractivity contribution in [1.82, 2.24) is 9.88 Å². The Morgan fingerprint density at radius 3 is 2.18 bits per heavy atom. The van der Waals surface area contributed by atoms with Crippen molar-refractivity contribution in [3.63, 3.8) is 0 Å². The van der Waals surface area contributed by atoms with Crippen LogP contribution >= 0.6 is 0 Å². The Labute approximate surface area is 228 Å². The zero-order chi connectivity index (χ0) is 27.9. The number of rotatable bonds is 6. The number of aromatic nitrogens is 1. The van der Waals surface area contributed by atoms with Crippen LogP contribution < -0.4 is 21.5 Å². The number of nitrogens with one attached hydrogen (secondary N) is 3. The van der Waals surface area contributed by atoms with Gasteiger partial charge >= 0.3 is 6.03 Å². The van der Waals surface area contributed by atoms with Gasteiger partial charge < -0.3 is 15.2 Å². The highest BCUT2D eigenvalue weighted by Crippen LogP contribution is 2.24. The number of amidine groups is 1. The number of anilines is 2. The van der Waals surface area contributed by atoms with Crippen LogP contribution in [0.4, 0.5) is 16.2 Å². The monoisotopic (exact) mass is 519 g/mol. The number of hydrogen-bond donors (Lipinski definition) is 3. The lowest BCUT2D eigenvalue weighted by Crippen LogP contribution is -2.33. The van der Waals surface area contributed by atoms with Crippen molar-refractivity contribution in [2.24, 2.45) is 10.4 Å². The van der Waals surface area contributed by atoms with Gasteiger partial charge in [0, 0.05) is 28.9 Å². The van der Waals surface area contributed by atoms with Crippen molar-refractivity contribution in [3.05, 3.63) is 106 Å². The van der Waals surface area contributed by atoms with Gasteiger partial charge in [0.25, 0.3) is 11.5 Å². The maximum Gasteiger partial charge on any atom is 0.324 e. The molecule has 0 bridgehead atoms. The fraction of sp³-hybridized carbons (Fsp3) is 0.267. The van der Waals surface area contributed by atoms with E-state index in [1.807, 2.05) is 50.3 Å². The Morgan fingerprint density at radius 2 is 1.61 bits per heavy atom. The predicted molar refractivity (Wildman–Crippen MR) is 160 cm³/mol. The van der Waals surface area contributed by atoms with Crippen molar-refractivity contribution in [2.45, 2.75) is 41.2 Å². The number of nitrogens with zero attached hydrogens (tertiary/aromatic N) is 2. The van der Waals surface area contributed by atoms with E-state index in [0.29, 0.717) is 23.8 Å². The summed E-state index contributed by atoms with van der Waals surface area (Å²) in [6, 6.07) is 17.4. The lowest BCUT2D eigenvalue weighted by molar-refractivity contribution is 0.102. The Hall–Kier alpha value is -4.46. The molecule has 8 nitrogen and oxygen atoms in total. The Morgan fingerprint density at radius 1 is 1.00 bits per heavy atom. The molecule has 0 unspecified atom stereocenters. The standard InChI is InChI=1S/C30H35N5O3.3H2/c1-20-16-25(28(37)35(18-20)19-22-10-8-7-9-11-22)27(36)32-23-12-14-24(15-13-23)33-29(38)34-26(31-6)17-21(2)30(3,4)5;;;/h7-18H,19H2,1-6H3,(H,32,36)(H2,31,33,34,38);3*1H/b21-17+;;;. The molecule has 0 atom stereocenters. The van der Waals surface area contributed by atoms with Crippen LogP contribution in [0.25, 0.3) is 0 Å². The number of urea groups is 1. The summed E-state index contributed by atoms with van der Waals surface area (Å²) in [4.78, 5) is 42.5. The van der Waals surface area contributed by atoms with Gasteiger partial charge in [-0.1, -0.05) is 56.7 Å². The van der Waals surface area contributed by atoms with Crippen LogP contribution in [-0.2, 0) is 6.54 Å². The SMILES string of the molecule is CN=C(/C=C(\C)C(C)(C)C)NC(=O)Nc1ccc(NC(=O)c2cc(C)cn(Cc3ccccc3)c2=O)cc1.[HH].[HH].[HH]. The van der Waals surface area contributed by atoms with Gasteiger partial charge in [0.1, 0.15) is 11.4 Å². The first-order valence-corrected chi connectivity index (χ1v) is 12.4. The van der Waals surface area contributed by atoms with Gasteiger partial charge in [-0.2, -0.15) is 0 Å². The molecule has 2 aromatic carbocycles. The van der Waals surface area contributed by atoms with Gasteiger partial charge in [0.05, 0.1) is 6.54 Å². The zero-order valence-electron chi connectivity index (χ0n) is 22.8. The summed E-state index contributed by atoms with van der Waals surface area (Å²) in [6.45, 7) is 10.5. The molecule has 1 aromatic heterocycles. The summed E-state index contributed by atoms with van der Waals surface area (Å²) in [5, 5.41) is 8.26. The fourth-order valence-electron chi connectivity index (χ4n) is 3.54. The maximum atomic E-state index is 13.0. The minimum atomic E-state index is -0.497. The molecule has 0 fully saturated rings. The second-order valence-electron chi connectivity index (χ2n) is 10.1. The van der Waals surface area contributed by atoms with Crippen molar-refractivity contribution < 1.29 is 13.9 Å². The Kier molecular flexibility index (Phi) is 9.02. The molecule has 38 heavy (non-hydrogen) atoms. The Bertz CT molecular complexity index is 1430. The molecule has 8 heteroatoms. The molecule has 204 valence electrons. The lowest BCUT2D eigenvalue weighted by atomic mass is 9.87. The first-order valence-electron chi connectivity index (χ1n) is 12.4. The minimum Gasteiger partial charge on any atom is -0.322 e. The molecule has 0 aliphatic heterocycles. The van der Waals surface area contributed by atoms with Gasteiger partial charge in [-0.05, 0) is 66.8 Å². The van der Waals surface area contributed by atoms with Gasteiger partial charge in [0.2, 0.25) is 0 Å². The summed E-state index contributed by atoms with van der Waals surface area (Å²) in [5.74, 6) is -0.0429. The van der Waals surface area contributed by atoms with Crippen molar-refractivity contribution in [3.8, 4) is 0 Å². The van der Waals surface area contributed by atoms with Crippen LogP contribution in [0, 0.1) is 12.3 Å². The number of aryl methyl sites for hydroxylation is 1. The summed E-state index contributed by atoms with van der Waals surface area (Å²) in [6.07, 6.45) is 3.59. The molecule has 0 spiro atoms. The van der Waals surface area contributed by atoms with Gasteiger partial charge in [-0.3, -0.25) is 19.9 Å². The molecule has 0 saturated carbocycles. The molecular weight excluding hydrogens is 478 g/mol. The van der Waals surface area contributed by atoms with Gasteiger partial charge in [-0.15, -0.1) is 0 Å². The highest BCUT2D eigenvalue weighted by molar-refractivity contribution is 6.08. The van der Waals surface area contributed by atoms with Crippen LogP contribution in [0.15, 0.2) is 88.3 Å². The Balaban J connectivity index is 0.00000533. The van der Waals surface area contributed by atoms with Crippen LogP contribution in [0.3, 0.4) is 0 Å². The van der Waals surface area contributed by atoms with Crippen molar-refractivity contribution >= 4 is 29.1 Å². The number of allylic oxidation sites excluding steroid dienone is 1. The second-order valence-corrected chi connectivity index (χ2v) is 10.1. The average molecular weight is 520 g/mol. The molecule has 3 rings (SSSR count). The van der Waals surface area contributed by atoms with E-state index in [1.165, 1.54) is 4.57 Å².